The van der Waals surface area contributed by atoms with Gasteiger partial charge in [-0.25, -0.2) is 4.98 Å². The van der Waals surface area contributed by atoms with Crippen molar-refractivity contribution in [1.29, 1.82) is 0 Å². The van der Waals surface area contributed by atoms with Crippen LogP contribution in [0, 0.1) is 6.92 Å². The van der Waals surface area contributed by atoms with Crippen LogP contribution in [0.4, 0.5) is 5.13 Å². The van der Waals surface area contributed by atoms with Crippen molar-refractivity contribution in [3.63, 3.8) is 0 Å². The maximum atomic E-state index is 4.55. The summed E-state index contributed by atoms with van der Waals surface area (Å²) in [5.41, 5.74) is 1.72. The van der Waals surface area contributed by atoms with Crippen LogP contribution in [0.2, 0.25) is 0 Å². The standard InChI is InChI=1S/C12H12N6S2/c1-3-14-12-18-17-11(20-12)9-7(2)16-10(19-9)8-6-13-4-5-15-8/h4-6H,3H2,1-2H3,(H,14,18). The number of anilines is 1. The summed E-state index contributed by atoms with van der Waals surface area (Å²) in [5.74, 6) is 0. The molecule has 0 aliphatic rings. The second-order valence-corrected chi connectivity index (χ2v) is 5.94. The number of thiazole rings is 1. The van der Waals surface area contributed by atoms with Crippen LogP contribution < -0.4 is 5.32 Å². The summed E-state index contributed by atoms with van der Waals surface area (Å²) in [6, 6.07) is 0. The van der Waals surface area contributed by atoms with Gasteiger partial charge in [0.05, 0.1) is 16.8 Å². The molecule has 0 aliphatic heterocycles. The molecule has 0 atom stereocenters. The number of hydrogen-bond acceptors (Lipinski definition) is 8. The van der Waals surface area contributed by atoms with Crippen molar-refractivity contribution in [3.05, 3.63) is 24.3 Å². The summed E-state index contributed by atoms with van der Waals surface area (Å²) in [6.07, 6.45) is 5.03. The molecule has 0 saturated heterocycles. The minimum atomic E-state index is 0.781. The molecule has 0 unspecified atom stereocenters. The van der Waals surface area contributed by atoms with E-state index in [2.05, 4.69) is 30.5 Å². The van der Waals surface area contributed by atoms with E-state index in [1.54, 1.807) is 29.9 Å². The summed E-state index contributed by atoms with van der Waals surface area (Å²) in [7, 11) is 0. The molecular weight excluding hydrogens is 292 g/mol. The van der Waals surface area contributed by atoms with E-state index >= 15 is 0 Å². The van der Waals surface area contributed by atoms with Crippen molar-refractivity contribution in [1.82, 2.24) is 25.1 Å². The first-order chi connectivity index (χ1) is 9.78. The van der Waals surface area contributed by atoms with Crippen LogP contribution in [0.15, 0.2) is 18.6 Å². The van der Waals surface area contributed by atoms with Gasteiger partial charge in [-0.05, 0) is 13.8 Å². The van der Waals surface area contributed by atoms with E-state index in [-0.39, 0.29) is 0 Å². The van der Waals surface area contributed by atoms with Gasteiger partial charge in [0.25, 0.3) is 0 Å². The molecular formula is C12H12N6S2. The Hall–Kier alpha value is -1.93. The Bertz CT molecular complexity index is 706. The molecule has 6 nitrogen and oxygen atoms in total. The lowest BCUT2D eigenvalue weighted by molar-refractivity contribution is 1.07. The van der Waals surface area contributed by atoms with Gasteiger partial charge in [0, 0.05) is 18.9 Å². The zero-order valence-electron chi connectivity index (χ0n) is 11.0. The zero-order valence-corrected chi connectivity index (χ0v) is 12.6. The highest BCUT2D eigenvalue weighted by atomic mass is 32.1. The molecule has 1 N–H and O–H groups in total. The minimum Gasteiger partial charge on any atom is -0.360 e. The molecule has 3 heterocycles. The third kappa shape index (κ3) is 2.52. The zero-order chi connectivity index (χ0) is 13.9. The first-order valence-electron chi connectivity index (χ1n) is 6.09. The predicted octanol–water partition coefficient (Wildman–Crippen LogP) is 2.86. The Labute approximate surface area is 124 Å². The largest absolute Gasteiger partial charge is 0.360 e. The van der Waals surface area contributed by atoms with Gasteiger partial charge >= 0.3 is 0 Å². The van der Waals surface area contributed by atoms with Crippen LogP contribution in [-0.4, -0.2) is 31.7 Å². The first-order valence-corrected chi connectivity index (χ1v) is 7.72. The van der Waals surface area contributed by atoms with Crippen LogP contribution >= 0.6 is 22.7 Å². The van der Waals surface area contributed by atoms with Gasteiger partial charge in [-0.2, -0.15) is 0 Å². The Morgan fingerprint density at radius 3 is 2.80 bits per heavy atom. The minimum absolute atomic E-state index is 0.781. The van der Waals surface area contributed by atoms with Gasteiger partial charge in [0.2, 0.25) is 5.13 Å². The Morgan fingerprint density at radius 2 is 2.05 bits per heavy atom. The lowest BCUT2D eigenvalue weighted by Gasteiger charge is -1.92. The average molecular weight is 304 g/mol. The fourth-order valence-corrected chi connectivity index (χ4v) is 3.61. The van der Waals surface area contributed by atoms with E-state index in [1.165, 1.54) is 11.3 Å². The van der Waals surface area contributed by atoms with Crippen LogP contribution in [0.1, 0.15) is 12.6 Å². The highest BCUT2D eigenvalue weighted by Crippen LogP contribution is 2.36. The fraction of sp³-hybridized carbons (Fsp3) is 0.250. The van der Waals surface area contributed by atoms with E-state index in [4.69, 9.17) is 0 Å². The molecule has 0 amide bonds. The number of rotatable bonds is 4. The van der Waals surface area contributed by atoms with Crippen molar-refractivity contribution in [3.8, 4) is 20.6 Å². The molecule has 0 radical (unpaired) electrons. The van der Waals surface area contributed by atoms with E-state index in [1.807, 2.05) is 13.8 Å². The highest BCUT2D eigenvalue weighted by molar-refractivity contribution is 7.24. The smallest absolute Gasteiger partial charge is 0.206 e. The highest BCUT2D eigenvalue weighted by Gasteiger charge is 2.15. The van der Waals surface area contributed by atoms with E-state index in [9.17, 15) is 0 Å². The first kappa shape index (κ1) is 13.1. The van der Waals surface area contributed by atoms with Crippen molar-refractivity contribution in [2.75, 3.05) is 11.9 Å². The number of nitrogens with zero attached hydrogens (tertiary/aromatic N) is 5. The van der Waals surface area contributed by atoms with E-state index in [0.29, 0.717) is 0 Å². The topological polar surface area (TPSA) is 76.5 Å². The molecule has 3 aromatic heterocycles. The number of aromatic nitrogens is 5. The second-order valence-electron chi connectivity index (χ2n) is 3.97. The Balaban J connectivity index is 1.96. The molecule has 0 saturated carbocycles. The summed E-state index contributed by atoms with van der Waals surface area (Å²) in [6.45, 7) is 4.84. The monoisotopic (exact) mass is 304 g/mol. The molecule has 0 spiro atoms. The summed E-state index contributed by atoms with van der Waals surface area (Å²) in [4.78, 5) is 13.9. The molecule has 3 aromatic rings. The summed E-state index contributed by atoms with van der Waals surface area (Å²) in [5, 5.41) is 14.1. The van der Waals surface area contributed by atoms with Crippen molar-refractivity contribution in [2.45, 2.75) is 13.8 Å². The summed E-state index contributed by atoms with van der Waals surface area (Å²) < 4.78 is 0. The van der Waals surface area contributed by atoms with Crippen LogP contribution in [-0.2, 0) is 0 Å². The molecule has 102 valence electrons. The van der Waals surface area contributed by atoms with E-state index < -0.39 is 0 Å². The predicted molar refractivity (Wildman–Crippen MR) is 80.9 cm³/mol. The maximum absolute atomic E-state index is 4.55. The SMILES string of the molecule is CCNc1nnc(-c2sc(-c3cnccn3)nc2C)s1. The third-order valence-corrected chi connectivity index (χ3v) is 4.74. The van der Waals surface area contributed by atoms with Crippen LogP contribution in [0.3, 0.4) is 0 Å². The van der Waals surface area contributed by atoms with Crippen LogP contribution in [0.25, 0.3) is 20.6 Å². The molecule has 20 heavy (non-hydrogen) atoms. The second kappa shape index (κ2) is 5.59. The van der Waals surface area contributed by atoms with Gasteiger partial charge in [-0.1, -0.05) is 11.3 Å². The molecule has 0 aromatic carbocycles. The van der Waals surface area contributed by atoms with Crippen molar-refractivity contribution in [2.24, 2.45) is 0 Å². The summed E-state index contributed by atoms with van der Waals surface area (Å²) >= 11 is 3.10. The average Bonchev–Trinajstić information content (AvgIpc) is 3.07. The lowest BCUT2D eigenvalue weighted by Crippen LogP contribution is -1.94. The quantitative estimate of drug-likeness (QED) is 0.798. The maximum Gasteiger partial charge on any atom is 0.206 e. The molecule has 8 heteroatoms. The van der Waals surface area contributed by atoms with Gasteiger partial charge in [-0.3, -0.25) is 9.97 Å². The Morgan fingerprint density at radius 1 is 1.15 bits per heavy atom. The normalized spacial score (nSPS) is 10.7. The van der Waals surface area contributed by atoms with Gasteiger partial charge in [-0.15, -0.1) is 21.5 Å². The Kier molecular flexibility index (Phi) is 3.66. The van der Waals surface area contributed by atoms with Gasteiger partial charge in [0.1, 0.15) is 10.7 Å². The van der Waals surface area contributed by atoms with E-state index in [0.717, 1.165) is 38.0 Å². The lowest BCUT2D eigenvalue weighted by atomic mass is 10.4. The number of aryl methyl sites for hydroxylation is 1. The number of nitrogens with one attached hydrogen (secondary N) is 1. The molecule has 0 fully saturated rings. The van der Waals surface area contributed by atoms with Crippen LogP contribution in [0.5, 0.6) is 0 Å². The fourth-order valence-electron chi connectivity index (χ4n) is 1.65. The van der Waals surface area contributed by atoms with Gasteiger partial charge < -0.3 is 5.32 Å². The van der Waals surface area contributed by atoms with Crippen molar-refractivity contribution < 1.29 is 0 Å². The molecule has 0 bridgehead atoms. The van der Waals surface area contributed by atoms with Gasteiger partial charge in [0.15, 0.2) is 5.01 Å². The van der Waals surface area contributed by atoms with Crippen molar-refractivity contribution >= 4 is 27.8 Å². The number of hydrogen-bond donors (Lipinski definition) is 1. The molecule has 0 aliphatic carbocycles. The molecule has 3 rings (SSSR count). The third-order valence-electron chi connectivity index (χ3n) is 2.53.